The van der Waals surface area contributed by atoms with Gasteiger partial charge < -0.3 is 14.8 Å². The predicted molar refractivity (Wildman–Crippen MR) is 87.4 cm³/mol. The van der Waals surface area contributed by atoms with Crippen LogP contribution in [0.5, 0.6) is 5.75 Å². The van der Waals surface area contributed by atoms with Gasteiger partial charge in [0.15, 0.2) is 13.2 Å². The summed E-state index contributed by atoms with van der Waals surface area (Å²) in [5, 5.41) is 2.02. The summed E-state index contributed by atoms with van der Waals surface area (Å²) in [5.41, 5.74) is 1.32. The molecule has 0 aliphatic carbocycles. The molecule has 5 nitrogen and oxygen atoms in total. The molecule has 0 aliphatic rings. The van der Waals surface area contributed by atoms with Gasteiger partial charge in [-0.15, -0.1) is 0 Å². The zero-order valence-corrected chi connectivity index (χ0v) is 13.8. The van der Waals surface area contributed by atoms with Gasteiger partial charge in [0, 0.05) is 0 Å². The molecule has 132 valence electrons. The molecule has 2 rings (SSSR count). The van der Waals surface area contributed by atoms with Crippen LogP contribution >= 0.6 is 0 Å². The van der Waals surface area contributed by atoms with Crippen LogP contribution in [0.2, 0.25) is 0 Å². The highest BCUT2D eigenvalue weighted by atomic mass is 19.1. The van der Waals surface area contributed by atoms with Crippen LogP contribution in [0.3, 0.4) is 0 Å². The third kappa shape index (κ3) is 5.00. The Morgan fingerprint density at radius 2 is 1.64 bits per heavy atom. The van der Waals surface area contributed by atoms with E-state index in [0.29, 0.717) is 5.75 Å². The summed E-state index contributed by atoms with van der Waals surface area (Å²) in [6, 6.07) is 8.59. The average molecular weight is 349 g/mol. The number of anilines is 1. The van der Waals surface area contributed by atoms with E-state index in [4.69, 9.17) is 9.47 Å². The van der Waals surface area contributed by atoms with Crippen LogP contribution in [0.4, 0.5) is 14.5 Å². The molecule has 0 atom stereocenters. The summed E-state index contributed by atoms with van der Waals surface area (Å²) in [7, 11) is 0. The minimum absolute atomic E-state index is 0.383. The van der Waals surface area contributed by atoms with Crippen molar-refractivity contribution >= 4 is 17.6 Å². The van der Waals surface area contributed by atoms with Gasteiger partial charge in [0.25, 0.3) is 5.91 Å². The number of hydrogen-bond donors (Lipinski definition) is 1. The minimum Gasteiger partial charge on any atom is -0.482 e. The van der Waals surface area contributed by atoms with Crippen LogP contribution in [0.1, 0.15) is 11.1 Å². The fourth-order valence-corrected chi connectivity index (χ4v) is 2.00. The lowest BCUT2D eigenvalue weighted by Gasteiger charge is -2.11. The van der Waals surface area contributed by atoms with Gasteiger partial charge in [-0.2, -0.15) is 0 Å². The van der Waals surface area contributed by atoms with Gasteiger partial charge in [0.05, 0.1) is 0 Å². The smallest absolute Gasteiger partial charge is 0.344 e. The number of para-hydroxylation sites is 1. The molecule has 0 saturated heterocycles. The first-order valence-electron chi connectivity index (χ1n) is 7.47. The maximum absolute atomic E-state index is 13.4. The number of amides is 1. The van der Waals surface area contributed by atoms with Crippen LogP contribution in [-0.4, -0.2) is 25.1 Å². The Balaban J connectivity index is 1.81. The van der Waals surface area contributed by atoms with E-state index in [2.05, 4.69) is 0 Å². The minimum atomic E-state index is -0.919. The lowest BCUT2D eigenvalue weighted by Crippen LogP contribution is -2.24. The summed E-state index contributed by atoms with van der Waals surface area (Å²) in [6.45, 7) is 2.70. The van der Waals surface area contributed by atoms with Gasteiger partial charge in [0.1, 0.15) is 23.1 Å². The molecule has 0 heterocycles. The van der Waals surface area contributed by atoms with E-state index >= 15 is 0 Å². The van der Waals surface area contributed by atoms with Crippen molar-refractivity contribution < 1.29 is 27.8 Å². The molecule has 0 bridgehead atoms. The molecule has 0 aliphatic heterocycles. The van der Waals surface area contributed by atoms with Gasteiger partial charge in [-0.1, -0.05) is 18.2 Å². The van der Waals surface area contributed by atoms with E-state index < -0.39 is 35.8 Å². The van der Waals surface area contributed by atoms with Gasteiger partial charge in [-0.25, -0.2) is 13.6 Å². The Labute approximate surface area is 143 Å². The van der Waals surface area contributed by atoms with Gasteiger partial charge in [-0.05, 0) is 43.2 Å². The van der Waals surface area contributed by atoms with E-state index in [0.717, 1.165) is 23.3 Å². The lowest BCUT2D eigenvalue weighted by atomic mass is 10.1. The third-order valence-corrected chi connectivity index (χ3v) is 3.49. The highest BCUT2D eigenvalue weighted by Crippen LogP contribution is 2.20. The third-order valence-electron chi connectivity index (χ3n) is 3.49. The fraction of sp³-hybridized carbons (Fsp3) is 0.222. The van der Waals surface area contributed by atoms with Crippen molar-refractivity contribution in [3.05, 3.63) is 59.2 Å². The highest BCUT2D eigenvalue weighted by molar-refractivity contribution is 5.93. The number of rotatable bonds is 6. The molecular weight excluding hydrogens is 332 g/mol. The highest BCUT2D eigenvalue weighted by Gasteiger charge is 2.14. The zero-order valence-electron chi connectivity index (χ0n) is 13.8. The molecule has 0 radical (unpaired) electrons. The van der Waals surface area contributed by atoms with Gasteiger partial charge in [0.2, 0.25) is 0 Å². The molecule has 25 heavy (non-hydrogen) atoms. The first-order valence-corrected chi connectivity index (χ1v) is 7.47. The summed E-state index contributed by atoms with van der Waals surface area (Å²) in [6.07, 6.45) is 0. The number of carbonyl (C=O) groups is 2. The number of aryl methyl sites for hydroxylation is 1. The molecule has 0 saturated carbocycles. The van der Waals surface area contributed by atoms with Gasteiger partial charge >= 0.3 is 5.97 Å². The number of benzene rings is 2. The molecule has 2 aromatic carbocycles. The predicted octanol–water partition coefficient (Wildman–Crippen LogP) is 3.14. The maximum atomic E-state index is 13.4. The van der Waals surface area contributed by atoms with Crippen molar-refractivity contribution in [2.45, 2.75) is 13.8 Å². The van der Waals surface area contributed by atoms with Crippen LogP contribution in [0, 0.1) is 25.5 Å². The van der Waals surface area contributed by atoms with Crippen molar-refractivity contribution in [2.75, 3.05) is 18.5 Å². The van der Waals surface area contributed by atoms with Crippen molar-refractivity contribution in [2.24, 2.45) is 0 Å². The van der Waals surface area contributed by atoms with Crippen LogP contribution in [-0.2, 0) is 14.3 Å². The second kappa shape index (κ2) is 8.23. The topological polar surface area (TPSA) is 64.6 Å². The van der Waals surface area contributed by atoms with E-state index in [-0.39, 0.29) is 6.61 Å². The Hall–Kier alpha value is -2.96. The fourth-order valence-electron chi connectivity index (χ4n) is 2.00. The Bertz CT molecular complexity index is 772. The number of esters is 1. The number of hydrogen-bond acceptors (Lipinski definition) is 4. The van der Waals surface area contributed by atoms with Crippen LogP contribution in [0.25, 0.3) is 0 Å². The largest absolute Gasteiger partial charge is 0.482 e. The maximum Gasteiger partial charge on any atom is 0.344 e. The molecule has 7 heteroatoms. The molecule has 1 N–H and O–H groups in total. The van der Waals surface area contributed by atoms with Crippen LogP contribution < -0.4 is 10.1 Å². The van der Waals surface area contributed by atoms with E-state index in [9.17, 15) is 18.4 Å². The van der Waals surface area contributed by atoms with Crippen molar-refractivity contribution in [3.63, 3.8) is 0 Å². The number of nitrogens with one attached hydrogen (secondary N) is 1. The SMILES string of the molecule is Cc1cccc(OCC(=O)OCC(=O)Nc2c(F)cccc2F)c1C. The normalized spacial score (nSPS) is 10.2. The first kappa shape index (κ1) is 18.4. The Morgan fingerprint density at radius 1 is 1.00 bits per heavy atom. The summed E-state index contributed by atoms with van der Waals surface area (Å²) < 4.78 is 36.9. The van der Waals surface area contributed by atoms with E-state index in [1.165, 1.54) is 6.07 Å². The second-order valence-electron chi connectivity index (χ2n) is 5.29. The van der Waals surface area contributed by atoms with Crippen molar-refractivity contribution in [3.8, 4) is 5.75 Å². The molecule has 0 aromatic heterocycles. The number of ether oxygens (including phenoxy) is 2. The molecule has 1 amide bonds. The lowest BCUT2D eigenvalue weighted by molar-refractivity contribution is -0.149. The molecule has 0 spiro atoms. The Kier molecular flexibility index (Phi) is 6.05. The van der Waals surface area contributed by atoms with Crippen molar-refractivity contribution in [1.29, 1.82) is 0 Å². The van der Waals surface area contributed by atoms with Crippen LogP contribution in [0.15, 0.2) is 36.4 Å². The Morgan fingerprint density at radius 3 is 2.32 bits per heavy atom. The number of halogens is 2. The van der Waals surface area contributed by atoms with Crippen molar-refractivity contribution in [1.82, 2.24) is 0 Å². The van der Waals surface area contributed by atoms with E-state index in [1.54, 1.807) is 12.1 Å². The molecule has 0 fully saturated rings. The quantitative estimate of drug-likeness (QED) is 0.814. The summed E-state index contributed by atoms with van der Waals surface area (Å²) in [5.74, 6) is -2.93. The average Bonchev–Trinajstić information content (AvgIpc) is 2.58. The summed E-state index contributed by atoms with van der Waals surface area (Å²) >= 11 is 0. The first-order chi connectivity index (χ1) is 11.9. The van der Waals surface area contributed by atoms with E-state index in [1.807, 2.05) is 25.2 Å². The monoisotopic (exact) mass is 349 g/mol. The summed E-state index contributed by atoms with van der Waals surface area (Å²) in [4.78, 5) is 23.3. The standard InChI is InChI=1S/C18H17F2NO4/c1-11-5-3-8-15(12(11)2)24-10-17(23)25-9-16(22)21-18-13(19)6-4-7-14(18)20/h3-8H,9-10H2,1-2H3,(H,21,22). The molecule has 0 unspecified atom stereocenters. The van der Waals surface area contributed by atoms with Gasteiger partial charge in [-0.3, -0.25) is 4.79 Å². The second-order valence-corrected chi connectivity index (χ2v) is 5.29. The molecular formula is C18H17F2NO4. The number of carbonyl (C=O) groups excluding carboxylic acids is 2. The zero-order chi connectivity index (χ0) is 18.4. The molecule has 2 aromatic rings.